The third-order valence-electron chi connectivity index (χ3n) is 4.97. The highest BCUT2D eigenvalue weighted by atomic mass is 32.2. The lowest BCUT2D eigenvalue weighted by molar-refractivity contribution is 0.0536. The van der Waals surface area contributed by atoms with Crippen molar-refractivity contribution in [3.05, 3.63) is 29.8 Å². The van der Waals surface area contributed by atoms with Gasteiger partial charge in [0.25, 0.3) is 0 Å². The van der Waals surface area contributed by atoms with Gasteiger partial charge in [0.1, 0.15) is 0 Å². The van der Waals surface area contributed by atoms with E-state index in [0.717, 1.165) is 18.5 Å². The Hall–Kier alpha value is -0.910. The number of sulfonamides is 1. The molecular formula is C16H24N2O2S. The fourth-order valence-corrected chi connectivity index (χ4v) is 4.62. The highest BCUT2D eigenvalue weighted by Crippen LogP contribution is 2.32. The van der Waals surface area contributed by atoms with Crippen LogP contribution in [0.4, 0.5) is 0 Å². The lowest BCUT2D eigenvalue weighted by atomic mass is 9.79. The van der Waals surface area contributed by atoms with E-state index in [-0.39, 0.29) is 0 Å². The highest BCUT2D eigenvalue weighted by Gasteiger charge is 2.34. The van der Waals surface area contributed by atoms with Crippen molar-refractivity contribution in [2.75, 3.05) is 26.2 Å². The van der Waals surface area contributed by atoms with Crippen LogP contribution in [0.25, 0.3) is 0 Å². The summed E-state index contributed by atoms with van der Waals surface area (Å²) in [5.41, 5.74) is 1.16. The van der Waals surface area contributed by atoms with Crippen molar-refractivity contribution in [1.29, 1.82) is 0 Å². The monoisotopic (exact) mass is 308 g/mol. The van der Waals surface area contributed by atoms with E-state index >= 15 is 0 Å². The molecule has 1 unspecified atom stereocenters. The highest BCUT2D eigenvalue weighted by molar-refractivity contribution is 7.89. The van der Waals surface area contributed by atoms with Crippen molar-refractivity contribution >= 4 is 10.0 Å². The van der Waals surface area contributed by atoms with Crippen LogP contribution < -0.4 is 4.72 Å². The molecule has 4 nitrogen and oxygen atoms in total. The van der Waals surface area contributed by atoms with Gasteiger partial charge in [0.05, 0.1) is 4.90 Å². The van der Waals surface area contributed by atoms with Crippen molar-refractivity contribution in [1.82, 2.24) is 9.62 Å². The van der Waals surface area contributed by atoms with E-state index in [4.69, 9.17) is 0 Å². The summed E-state index contributed by atoms with van der Waals surface area (Å²) in [7, 11) is -3.37. The second-order valence-corrected chi connectivity index (χ2v) is 8.01. The number of piperidine rings is 3. The van der Waals surface area contributed by atoms with Gasteiger partial charge < -0.3 is 4.90 Å². The predicted octanol–water partition coefficient (Wildman–Crippen LogP) is 1.87. The maximum absolute atomic E-state index is 12.4. The largest absolute Gasteiger partial charge is 0.303 e. The molecule has 1 aromatic carbocycles. The summed E-state index contributed by atoms with van der Waals surface area (Å²) in [4.78, 5) is 2.83. The zero-order valence-corrected chi connectivity index (χ0v) is 13.4. The van der Waals surface area contributed by atoms with Crippen LogP contribution in [-0.2, 0) is 16.4 Å². The minimum absolute atomic E-state index is 0.376. The molecule has 3 saturated heterocycles. The summed E-state index contributed by atoms with van der Waals surface area (Å²) < 4.78 is 27.5. The fourth-order valence-electron chi connectivity index (χ4n) is 3.52. The molecule has 2 bridgehead atoms. The number of fused-ring (bicyclic) bond motifs is 3. The average Bonchev–Trinajstić information content (AvgIpc) is 2.54. The van der Waals surface area contributed by atoms with Gasteiger partial charge >= 0.3 is 0 Å². The van der Waals surface area contributed by atoms with Crippen molar-refractivity contribution < 1.29 is 8.42 Å². The standard InChI is InChI=1S/C16H24N2O2S/c1-2-13-3-5-16(6-4-13)21(19,20)17-11-15-12-18-9-7-14(15)8-10-18/h3-6,14-15,17H,2,7-12H2,1H3. The van der Waals surface area contributed by atoms with Crippen LogP contribution >= 0.6 is 0 Å². The molecule has 3 heterocycles. The van der Waals surface area contributed by atoms with Crippen LogP contribution in [0.5, 0.6) is 0 Å². The van der Waals surface area contributed by atoms with Gasteiger partial charge in [0.15, 0.2) is 0 Å². The van der Waals surface area contributed by atoms with E-state index in [1.165, 1.54) is 25.9 Å². The smallest absolute Gasteiger partial charge is 0.240 e. The maximum atomic E-state index is 12.4. The second kappa shape index (κ2) is 6.07. The maximum Gasteiger partial charge on any atom is 0.240 e. The van der Waals surface area contributed by atoms with Crippen LogP contribution in [-0.4, -0.2) is 39.5 Å². The SMILES string of the molecule is CCc1ccc(S(=O)(=O)NCC2CN3CCC2CC3)cc1. The lowest BCUT2D eigenvalue weighted by Crippen LogP contribution is -2.50. The van der Waals surface area contributed by atoms with Gasteiger partial charge in [-0.2, -0.15) is 0 Å². The molecule has 0 amide bonds. The molecule has 5 heteroatoms. The van der Waals surface area contributed by atoms with Gasteiger partial charge in [-0.25, -0.2) is 13.1 Å². The van der Waals surface area contributed by atoms with Gasteiger partial charge in [0, 0.05) is 13.1 Å². The molecule has 116 valence electrons. The normalized spacial score (nSPS) is 28.7. The van der Waals surface area contributed by atoms with Crippen molar-refractivity contribution in [2.45, 2.75) is 31.1 Å². The number of nitrogens with one attached hydrogen (secondary N) is 1. The molecule has 0 aliphatic carbocycles. The van der Waals surface area contributed by atoms with Crippen LogP contribution in [0.15, 0.2) is 29.2 Å². The Balaban J connectivity index is 1.63. The minimum atomic E-state index is -3.37. The molecule has 3 aliphatic rings. The molecule has 0 radical (unpaired) electrons. The molecular weight excluding hydrogens is 284 g/mol. The van der Waals surface area contributed by atoms with Crippen LogP contribution in [0.2, 0.25) is 0 Å². The zero-order valence-electron chi connectivity index (χ0n) is 12.6. The lowest BCUT2D eigenvalue weighted by Gasteiger charge is -2.44. The topological polar surface area (TPSA) is 49.4 Å². The van der Waals surface area contributed by atoms with Gasteiger partial charge in [-0.3, -0.25) is 0 Å². The van der Waals surface area contributed by atoms with Crippen molar-refractivity contribution in [3.8, 4) is 0 Å². The Kier molecular flexibility index (Phi) is 4.33. The summed E-state index contributed by atoms with van der Waals surface area (Å²) >= 11 is 0. The van der Waals surface area contributed by atoms with E-state index < -0.39 is 10.0 Å². The van der Waals surface area contributed by atoms with Gasteiger partial charge in [0.2, 0.25) is 10.0 Å². The number of hydrogen-bond acceptors (Lipinski definition) is 3. The Bertz CT molecular complexity index is 575. The summed E-state index contributed by atoms with van der Waals surface area (Å²) in [6.45, 7) is 6.05. The molecule has 21 heavy (non-hydrogen) atoms. The third kappa shape index (κ3) is 3.30. The van der Waals surface area contributed by atoms with E-state index in [2.05, 4.69) is 16.5 Å². The first-order chi connectivity index (χ1) is 10.1. The molecule has 3 aliphatic heterocycles. The fraction of sp³-hybridized carbons (Fsp3) is 0.625. The Morgan fingerprint density at radius 1 is 1.19 bits per heavy atom. The molecule has 1 atom stereocenters. The quantitative estimate of drug-likeness (QED) is 0.903. The first-order valence-electron chi connectivity index (χ1n) is 7.89. The zero-order chi connectivity index (χ0) is 14.9. The average molecular weight is 308 g/mol. The summed E-state index contributed by atoms with van der Waals surface area (Å²) in [6, 6.07) is 7.20. The predicted molar refractivity (Wildman–Crippen MR) is 83.7 cm³/mol. The summed E-state index contributed by atoms with van der Waals surface area (Å²) in [5.74, 6) is 1.16. The molecule has 1 aromatic rings. The van der Waals surface area contributed by atoms with Crippen LogP contribution in [0.1, 0.15) is 25.3 Å². The van der Waals surface area contributed by atoms with Crippen molar-refractivity contribution in [3.63, 3.8) is 0 Å². The number of aryl methyl sites for hydroxylation is 1. The minimum Gasteiger partial charge on any atom is -0.303 e. The molecule has 0 spiro atoms. The van der Waals surface area contributed by atoms with Gasteiger partial charge in [-0.15, -0.1) is 0 Å². The third-order valence-corrected chi connectivity index (χ3v) is 6.41. The number of rotatable bonds is 5. The van der Waals surface area contributed by atoms with Gasteiger partial charge in [-0.05, 0) is 61.9 Å². The Morgan fingerprint density at radius 3 is 2.38 bits per heavy atom. The molecule has 3 fully saturated rings. The number of benzene rings is 1. The summed E-state index contributed by atoms with van der Waals surface area (Å²) in [5, 5.41) is 0. The second-order valence-electron chi connectivity index (χ2n) is 6.25. The van der Waals surface area contributed by atoms with E-state index in [1.54, 1.807) is 12.1 Å². The molecule has 4 rings (SSSR count). The first kappa shape index (κ1) is 15.0. The Morgan fingerprint density at radius 2 is 1.86 bits per heavy atom. The van der Waals surface area contributed by atoms with E-state index in [1.807, 2.05) is 12.1 Å². The van der Waals surface area contributed by atoms with Gasteiger partial charge in [-0.1, -0.05) is 19.1 Å². The van der Waals surface area contributed by atoms with Crippen LogP contribution in [0, 0.1) is 11.8 Å². The Labute approximate surface area is 127 Å². The van der Waals surface area contributed by atoms with Crippen LogP contribution in [0.3, 0.4) is 0 Å². The molecule has 0 aromatic heterocycles. The molecule has 0 saturated carbocycles. The van der Waals surface area contributed by atoms with E-state index in [9.17, 15) is 8.42 Å². The number of hydrogen-bond donors (Lipinski definition) is 1. The first-order valence-corrected chi connectivity index (χ1v) is 9.38. The van der Waals surface area contributed by atoms with E-state index in [0.29, 0.717) is 23.3 Å². The number of nitrogens with zero attached hydrogens (tertiary/aromatic N) is 1. The summed E-state index contributed by atoms with van der Waals surface area (Å²) in [6.07, 6.45) is 3.36. The molecule has 1 N–H and O–H groups in total. The van der Waals surface area contributed by atoms with Crippen molar-refractivity contribution in [2.24, 2.45) is 11.8 Å².